The number of nitrogens with zero attached hydrogens (tertiary/aromatic N) is 1. The van der Waals surface area contributed by atoms with Crippen molar-refractivity contribution in [2.24, 2.45) is 0 Å². The lowest BCUT2D eigenvalue weighted by Crippen LogP contribution is -2.50. The zero-order valence-corrected chi connectivity index (χ0v) is 19.0. The molecule has 0 aromatic heterocycles. The number of rotatable bonds is 4. The number of carbonyl (C=O) groups excluding carboxylic acids is 1. The van der Waals surface area contributed by atoms with Crippen LogP contribution < -0.4 is 5.32 Å². The molecule has 0 fully saturated rings. The van der Waals surface area contributed by atoms with Crippen molar-refractivity contribution >= 4 is 32.4 Å². The molecular formula is C27H24N2O3S. The molecule has 1 aliphatic heterocycles. The molecule has 0 saturated heterocycles. The topological polar surface area (TPSA) is 66.5 Å². The molecule has 166 valence electrons. The van der Waals surface area contributed by atoms with Crippen LogP contribution in [-0.4, -0.2) is 24.7 Å². The molecule has 5 rings (SSSR count). The minimum atomic E-state index is -3.92. The lowest BCUT2D eigenvalue weighted by molar-refractivity contribution is -0.120. The van der Waals surface area contributed by atoms with Gasteiger partial charge in [0.1, 0.15) is 6.04 Å². The van der Waals surface area contributed by atoms with Crippen LogP contribution in [0.5, 0.6) is 0 Å². The van der Waals surface area contributed by atoms with E-state index in [1.165, 1.54) is 4.31 Å². The van der Waals surface area contributed by atoms with Crippen molar-refractivity contribution in [2.45, 2.75) is 30.8 Å². The highest BCUT2D eigenvalue weighted by Gasteiger charge is 2.39. The Balaban J connectivity index is 1.54. The van der Waals surface area contributed by atoms with Gasteiger partial charge in [-0.15, -0.1) is 0 Å². The second-order valence-electron chi connectivity index (χ2n) is 8.40. The van der Waals surface area contributed by atoms with Crippen molar-refractivity contribution in [2.75, 3.05) is 5.32 Å². The van der Waals surface area contributed by atoms with E-state index in [-0.39, 0.29) is 17.3 Å². The van der Waals surface area contributed by atoms with Gasteiger partial charge in [-0.25, -0.2) is 8.42 Å². The van der Waals surface area contributed by atoms with E-state index in [0.717, 1.165) is 27.5 Å². The van der Waals surface area contributed by atoms with E-state index in [0.29, 0.717) is 12.1 Å². The average molecular weight is 457 g/mol. The maximum Gasteiger partial charge on any atom is 0.244 e. The summed E-state index contributed by atoms with van der Waals surface area (Å²) in [6.45, 7) is 2.12. The molecule has 1 N–H and O–H groups in total. The quantitative estimate of drug-likeness (QED) is 0.475. The highest BCUT2D eigenvalue weighted by molar-refractivity contribution is 7.89. The van der Waals surface area contributed by atoms with Gasteiger partial charge in [-0.2, -0.15) is 4.31 Å². The Labute approximate surface area is 193 Å². The molecule has 0 spiro atoms. The standard InChI is InChI=1S/C27H24N2O3S/c1-19-10-13-24(14-11-19)28-27(30)26-17-22-8-4-5-9-23(22)18-29(26)33(31,32)25-15-12-20-6-2-3-7-21(20)16-25/h2-16,26H,17-18H2,1H3,(H,28,30)/t26-/m0/s1. The number of aryl methyl sites for hydroxylation is 1. The summed E-state index contributed by atoms with van der Waals surface area (Å²) in [5, 5.41) is 4.72. The number of amides is 1. The van der Waals surface area contributed by atoms with E-state index < -0.39 is 16.1 Å². The Morgan fingerprint density at radius 1 is 0.848 bits per heavy atom. The van der Waals surface area contributed by atoms with Crippen LogP contribution in [0.3, 0.4) is 0 Å². The minimum Gasteiger partial charge on any atom is -0.325 e. The van der Waals surface area contributed by atoms with E-state index in [4.69, 9.17) is 0 Å². The molecule has 1 aliphatic rings. The first-order chi connectivity index (χ1) is 15.9. The maximum atomic E-state index is 13.8. The van der Waals surface area contributed by atoms with Crippen LogP contribution >= 0.6 is 0 Å². The second kappa shape index (κ2) is 8.46. The molecule has 1 atom stereocenters. The fourth-order valence-corrected chi connectivity index (χ4v) is 5.90. The van der Waals surface area contributed by atoms with Gasteiger partial charge in [0.05, 0.1) is 4.90 Å². The summed E-state index contributed by atoms with van der Waals surface area (Å²) in [7, 11) is -3.92. The number of sulfonamides is 1. The summed E-state index contributed by atoms with van der Waals surface area (Å²) in [5.41, 5.74) is 3.64. The lowest BCUT2D eigenvalue weighted by atomic mass is 9.95. The molecule has 1 amide bonds. The van der Waals surface area contributed by atoms with Gasteiger partial charge in [0, 0.05) is 12.2 Å². The molecule has 0 radical (unpaired) electrons. The zero-order valence-electron chi connectivity index (χ0n) is 18.2. The van der Waals surface area contributed by atoms with Crippen molar-refractivity contribution in [3.63, 3.8) is 0 Å². The number of carbonyl (C=O) groups is 1. The van der Waals surface area contributed by atoms with Crippen molar-refractivity contribution in [1.82, 2.24) is 4.31 Å². The number of benzene rings is 4. The maximum absolute atomic E-state index is 13.8. The molecule has 0 unspecified atom stereocenters. The molecule has 5 nitrogen and oxygen atoms in total. The van der Waals surface area contributed by atoms with Gasteiger partial charge in [0.25, 0.3) is 0 Å². The average Bonchev–Trinajstić information content (AvgIpc) is 2.84. The van der Waals surface area contributed by atoms with Crippen LogP contribution in [0.1, 0.15) is 16.7 Å². The highest BCUT2D eigenvalue weighted by Crippen LogP contribution is 2.31. The Bertz CT molecular complexity index is 1450. The normalized spacial score (nSPS) is 16.3. The van der Waals surface area contributed by atoms with E-state index in [1.807, 2.05) is 85.8 Å². The van der Waals surface area contributed by atoms with Crippen molar-refractivity contribution in [3.05, 3.63) is 108 Å². The fraction of sp³-hybridized carbons (Fsp3) is 0.148. The molecular weight excluding hydrogens is 432 g/mol. The number of fused-ring (bicyclic) bond motifs is 2. The van der Waals surface area contributed by atoms with Gasteiger partial charge in [-0.05, 0) is 59.5 Å². The summed E-state index contributed by atoms with van der Waals surface area (Å²) in [6.07, 6.45) is 0.320. The highest BCUT2D eigenvalue weighted by atomic mass is 32.2. The largest absolute Gasteiger partial charge is 0.325 e. The lowest BCUT2D eigenvalue weighted by Gasteiger charge is -2.35. The van der Waals surface area contributed by atoms with E-state index in [9.17, 15) is 13.2 Å². The van der Waals surface area contributed by atoms with Crippen LogP contribution in [0.25, 0.3) is 10.8 Å². The summed E-state index contributed by atoms with van der Waals surface area (Å²) in [6, 6.07) is 27.1. The van der Waals surface area contributed by atoms with Crippen molar-refractivity contribution in [3.8, 4) is 0 Å². The SMILES string of the molecule is Cc1ccc(NC(=O)[C@@H]2Cc3ccccc3CN2S(=O)(=O)c2ccc3ccccc3c2)cc1. The number of hydrogen-bond donors (Lipinski definition) is 1. The first-order valence-corrected chi connectivity index (χ1v) is 12.3. The molecule has 0 aliphatic carbocycles. The molecule has 0 bridgehead atoms. The second-order valence-corrected chi connectivity index (χ2v) is 10.3. The smallest absolute Gasteiger partial charge is 0.244 e. The van der Waals surface area contributed by atoms with Crippen LogP contribution in [0.4, 0.5) is 5.69 Å². The molecule has 1 heterocycles. The molecule has 4 aromatic carbocycles. The number of nitrogens with one attached hydrogen (secondary N) is 1. The predicted octanol–water partition coefficient (Wildman–Crippen LogP) is 4.90. The van der Waals surface area contributed by atoms with Gasteiger partial charge >= 0.3 is 0 Å². The summed E-state index contributed by atoms with van der Waals surface area (Å²) in [5.74, 6) is -0.335. The molecule has 6 heteroatoms. The minimum absolute atomic E-state index is 0.150. The van der Waals surface area contributed by atoms with Crippen LogP contribution in [0.2, 0.25) is 0 Å². The first kappa shape index (κ1) is 21.4. The summed E-state index contributed by atoms with van der Waals surface area (Å²) in [4.78, 5) is 13.5. The van der Waals surface area contributed by atoms with Gasteiger partial charge in [-0.3, -0.25) is 4.79 Å². The first-order valence-electron chi connectivity index (χ1n) is 10.9. The van der Waals surface area contributed by atoms with Crippen molar-refractivity contribution < 1.29 is 13.2 Å². The summed E-state index contributed by atoms with van der Waals surface area (Å²) < 4.78 is 28.9. The van der Waals surface area contributed by atoms with E-state index in [1.54, 1.807) is 12.1 Å². The number of hydrogen-bond acceptors (Lipinski definition) is 3. The summed E-state index contributed by atoms with van der Waals surface area (Å²) >= 11 is 0. The van der Waals surface area contributed by atoms with Gasteiger partial charge in [0.2, 0.25) is 15.9 Å². The van der Waals surface area contributed by atoms with Gasteiger partial charge in [-0.1, -0.05) is 72.3 Å². The third-order valence-electron chi connectivity index (χ3n) is 6.15. The molecule has 0 saturated carbocycles. The predicted molar refractivity (Wildman–Crippen MR) is 130 cm³/mol. The molecule has 33 heavy (non-hydrogen) atoms. The molecule has 4 aromatic rings. The Kier molecular flexibility index (Phi) is 5.48. The Morgan fingerprint density at radius 3 is 2.27 bits per heavy atom. The van der Waals surface area contributed by atoms with Gasteiger partial charge in [0.15, 0.2) is 0 Å². The van der Waals surface area contributed by atoms with Gasteiger partial charge < -0.3 is 5.32 Å². The third-order valence-corrected chi connectivity index (χ3v) is 8.01. The van der Waals surface area contributed by atoms with Crippen LogP contribution in [0.15, 0.2) is 95.9 Å². The zero-order chi connectivity index (χ0) is 23.0. The Morgan fingerprint density at radius 2 is 1.52 bits per heavy atom. The Hall–Kier alpha value is -3.48. The number of anilines is 1. The van der Waals surface area contributed by atoms with Crippen LogP contribution in [-0.2, 0) is 27.8 Å². The van der Waals surface area contributed by atoms with E-state index >= 15 is 0 Å². The van der Waals surface area contributed by atoms with E-state index in [2.05, 4.69) is 5.32 Å². The third kappa shape index (κ3) is 4.15. The van der Waals surface area contributed by atoms with Crippen LogP contribution in [0, 0.1) is 6.92 Å². The monoisotopic (exact) mass is 456 g/mol. The van der Waals surface area contributed by atoms with Crippen molar-refractivity contribution in [1.29, 1.82) is 0 Å². The fourth-order valence-electron chi connectivity index (χ4n) is 4.30.